The normalized spacial score (nSPS) is 12.1. The molecule has 4 aromatic rings. The maximum Gasteiger partial charge on any atom is 0.274 e. The lowest BCUT2D eigenvalue weighted by atomic mass is 10.1. The number of nitrogens with one attached hydrogen (secondary N) is 1. The zero-order valence-electron chi connectivity index (χ0n) is 16.6. The fraction of sp³-hybridized carbons (Fsp3) is 0.125. The van der Waals surface area contributed by atoms with Crippen LogP contribution in [0.5, 0.6) is 11.5 Å². The third-order valence-corrected chi connectivity index (χ3v) is 5.15. The summed E-state index contributed by atoms with van der Waals surface area (Å²) in [4.78, 5) is 26.0. The molecule has 154 valence electrons. The van der Waals surface area contributed by atoms with E-state index >= 15 is 0 Å². The molecule has 1 N–H and O–H groups in total. The third kappa shape index (κ3) is 3.73. The molecule has 31 heavy (non-hydrogen) atoms. The molecule has 1 aromatic heterocycles. The summed E-state index contributed by atoms with van der Waals surface area (Å²) in [5.41, 5.74) is 1.79. The highest BCUT2D eigenvalue weighted by Crippen LogP contribution is 2.32. The number of fused-ring (bicyclic) bond motifs is 2. The number of nitrogens with zero attached hydrogens (tertiary/aromatic N) is 2. The van der Waals surface area contributed by atoms with Crippen molar-refractivity contribution in [2.75, 3.05) is 6.79 Å². The lowest BCUT2D eigenvalue weighted by Gasteiger charge is -2.12. The molecular weight excluding hydrogens is 394 g/mol. The second-order valence-corrected chi connectivity index (χ2v) is 7.21. The smallest absolute Gasteiger partial charge is 0.274 e. The number of benzene rings is 3. The second-order valence-electron chi connectivity index (χ2n) is 7.21. The molecule has 1 aliphatic rings. The van der Waals surface area contributed by atoms with E-state index in [1.807, 2.05) is 48.5 Å². The van der Waals surface area contributed by atoms with E-state index in [0.717, 1.165) is 11.1 Å². The minimum Gasteiger partial charge on any atom is -0.454 e. The number of carbonyl (C=O) groups is 1. The Kier molecular flexibility index (Phi) is 4.84. The molecule has 0 unspecified atom stereocenters. The molecule has 3 aromatic carbocycles. The first-order chi connectivity index (χ1) is 15.2. The van der Waals surface area contributed by atoms with Crippen LogP contribution in [-0.4, -0.2) is 22.5 Å². The molecule has 7 heteroatoms. The van der Waals surface area contributed by atoms with Gasteiger partial charge in [-0.25, -0.2) is 4.68 Å². The quantitative estimate of drug-likeness (QED) is 0.544. The Morgan fingerprint density at radius 2 is 1.65 bits per heavy atom. The average molecular weight is 413 g/mol. The summed E-state index contributed by atoms with van der Waals surface area (Å²) in [7, 11) is 0. The van der Waals surface area contributed by atoms with Crippen LogP contribution in [0.1, 0.15) is 21.6 Å². The van der Waals surface area contributed by atoms with Gasteiger partial charge in [-0.15, -0.1) is 0 Å². The minimum atomic E-state index is -0.351. The van der Waals surface area contributed by atoms with Crippen LogP contribution < -0.4 is 20.3 Å². The fourth-order valence-corrected chi connectivity index (χ4v) is 3.58. The van der Waals surface area contributed by atoms with Crippen LogP contribution in [0.25, 0.3) is 10.8 Å². The molecule has 1 aliphatic heterocycles. The van der Waals surface area contributed by atoms with Crippen molar-refractivity contribution >= 4 is 16.7 Å². The number of hydrogen-bond acceptors (Lipinski definition) is 5. The van der Waals surface area contributed by atoms with Crippen LogP contribution in [0.3, 0.4) is 0 Å². The van der Waals surface area contributed by atoms with Gasteiger partial charge in [0.15, 0.2) is 17.2 Å². The molecule has 0 saturated carbocycles. The van der Waals surface area contributed by atoms with Gasteiger partial charge in [-0.3, -0.25) is 9.59 Å². The van der Waals surface area contributed by atoms with Crippen LogP contribution >= 0.6 is 0 Å². The van der Waals surface area contributed by atoms with Crippen LogP contribution in [0.4, 0.5) is 0 Å². The highest BCUT2D eigenvalue weighted by molar-refractivity contribution is 6.04. The summed E-state index contributed by atoms with van der Waals surface area (Å²) in [5.74, 6) is 0.998. The largest absolute Gasteiger partial charge is 0.454 e. The van der Waals surface area contributed by atoms with Crippen molar-refractivity contribution in [2.24, 2.45) is 0 Å². The topological polar surface area (TPSA) is 82.4 Å². The van der Waals surface area contributed by atoms with Crippen LogP contribution in [-0.2, 0) is 13.1 Å². The third-order valence-electron chi connectivity index (χ3n) is 5.15. The van der Waals surface area contributed by atoms with Crippen molar-refractivity contribution in [3.8, 4) is 11.5 Å². The van der Waals surface area contributed by atoms with Gasteiger partial charge in [0.2, 0.25) is 6.79 Å². The number of ether oxygens (including phenoxy) is 2. The summed E-state index contributed by atoms with van der Waals surface area (Å²) in [5, 5.41) is 8.30. The zero-order valence-corrected chi connectivity index (χ0v) is 16.6. The van der Waals surface area contributed by atoms with Gasteiger partial charge < -0.3 is 14.8 Å². The maximum absolute atomic E-state index is 13.0. The summed E-state index contributed by atoms with van der Waals surface area (Å²) in [6.07, 6.45) is 0. The number of hydrogen-bond donors (Lipinski definition) is 1. The van der Waals surface area contributed by atoms with Gasteiger partial charge in [0.1, 0.15) is 0 Å². The van der Waals surface area contributed by atoms with Gasteiger partial charge >= 0.3 is 0 Å². The maximum atomic E-state index is 13.0. The van der Waals surface area contributed by atoms with E-state index < -0.39 is 0 Å². The molecule has 2 heterocycles. The molecular formula is C24H19N3O4. The van der Waals surface area contributed by atoms with E-state index in [0.29, 0.717) is 28.8 Å². The van der Waals surface area contributed by atoms with Crippen LogP contribution in [0.15, 0.2) is 77.6 Å². The average Bonchev–Trinajstić information content (AvgIpc) is 3.28. The lowest BCUT2D eigenvalue weighted by molar-refractivity contribution is 0.0945. The number of rotatable bonds is 5. The van der Waals surface area contributed by atoms with Crippen molar-refractivity contribution in [3.63, 3.8) is 0 Å². The van der Waals surface area contributed by atoms with E-state index in [1.54, 1.807) is 24.3 Å². The van der Waals surface area contributed by atoms with E-state index in [2.05, 4.69) is 10.4 Å². The number of aromatic nitrogens is 2. The fourth-order valence-electron chi connectivity index (χ4n) is 3.58. The van der Waals surface area contributed by atoms with E-state index in [-0.39, 0.29) is 30.5 Å². The molecule has 0 saturated heterocycles. The molecule has 0 fully saturated rings. The van der Waals surface area contributed by atoms with Gasteiger partial charge in [0.25, 0.3) is 11.5 Å². The molecule has 0 atom stereocenters. The molecule has 0 aliphatic carbocycles. The van der Waals surface area contributed by atoms with Gasteiger partial charge in [-0.2, -0.15) is 5.10 Å². The Balaban J connectivity index is 1.45. The van der Waals surface area contributed by atoms with Crippen LogP contribution in [0.2, 0.25) is 0 Å². The van der Waals surface area contributed by atoms with Gasteiger partial charge in [0, 0.05) is 11.9 Å². The van der Waals surface area contributed by atoms with E-state index in [9.17, 15) is 9.59 Å². The second kappa shape index (κ2) is 7.95. The molecule has 0 bridgehead atoms. The van der Waals surface area contributed by atoms with Crippen LogP contribution in [0, 0.1) is 0 Å². The SMILES string of the molecule is O=C(NCc1ccc2c(c1)OCO2)c1nn(Cc2ccccc2)c(=O)c2ccccc12. The van der Waals surface area contributed by atoms with E-state index in [1.165, 1.54) is 4.68 Å². The number of carbonyl (C=O) groups excluding carboxylic acids is 1. The lowest BCUT2D eigenvalue weighted by Crippen LogP contribution is -2.30. The highest BCUT2D eigenvalue weighted by Gasteiger charge is 2.18. The first-order valence-corrected chi connectivity index (χ1v) is 9.89. The standard InChI is InChI=1S/C24H19N3O4/c28-23(25-13-17-10-11-20-21(12-17)31-15-30-20)22-18-8-4-5-9-19(18)24(29)27(26-22)14-16-6-2-1-3-7-16/h1-12H,13-15H2,(H,25,28). The molecule has 0 spiro atoms. The van der Waals surface area contributed by atoms with Crippen molar-refractivity contribution in [3.05, 3.63) is 100.0 Å². The van der Waals surface area contributed by atoms with Gasteiger partial charge in [0.05, 0.1) is 11.9 Å². The van der Waals surface area contributed by atoms with Crippen molar-refractivity contribution in [1.82, 2.24) is 15.1 Å². The first kappa shape index (κ1) is 18.9. The Morgan fingerprint density at radius 3 is 2.48 bits per heavy atom. The summed E-state index contributed by atoms with van der Waals surface area (Å²) in [6, 6.07) is 22.1. The molecule has 7 nitrogen and oxygen atoms in total. The summed E-state index contributed by atoms with van der Waals surface area (Å²) < 4.78 is 12.0. The predicted molar refractivity (Wildman–Crippen MR) is 115 cm³/mol. The van der Waals surface area contributed by atoms with E-state index in [4.69, 9.17) is 9.47 Å². The first-order valence-electron chi connectivity index (χ1n) is 9.89. The van der Waals surface area contributed by atoms with Crippen molar-refractivity contribution in [2.45, 2.75) is 13.1 Å². The summed E-state index contributed by atoms with van der Waals surface area (Å²) in [6.45, 7) is 0.778. The Hall–Kier alpha value is -4.13. The van der Waals surface area contributed by atoms with Crippen molar-refractivity contribution in [1.29, 1.82) is 0 Å². The number of amides is 1. The zero-order chi connectivity index (χ0) is 21.2. The predicted octanol–water partition coefficient (Wildman–Crippen LogP) is 3.10. The van der Waals surface area contributed by atoms with Gasteiger partial charge in [-0.1, -0.05) is 54.6 Å². The molecule has 0 radical (unpaired) electrons. The summed E-state index contributed by atoms with van der Waals surface area (Å²) >= 11 is 0. The Morgan fingerprint density at radius 1 is 0.903 bits per heavy atom. The van der Waals surface area contributed by atoms with Crippen molar-refractivity contribution < 1.29 is 14.3 Å². The monoisotopic (exact) mass is 413 g/mol. The minimum absolute atomic E-state index is 0.198. The molecule has 5 rings (SSSR count). The highest BCUT2D eigenvalue weighted by atomic mass is 16.7. The van der Waals surface area contributed by atoms with Gasteiger partial charge in [-0.05, 0) is 29.3 Å². The Labute approximate surface area is 177 Å². The molecule has 1 amide bonds. The Bertz CT molecular complexity index is 1330.